The van der Waals surface area contributed by atoms with Crippen molar-refractivity contribution in [3.63, 3.8) is 0 Å². The van der Waals surface area contributed by atoms with Crippen LogP contribution in [0.5, 0.6) is 0 Å². The number of carbonyl (C=O) groups excluding carboxylic acids is 1. The van der Waals surface area contributed by atoms with E-state index in [4.69, 9.17) is 10.8 Å². The molecule has 4 heteroatoms. The molecule has 0 aromatic carbocycles. The van der Waals surface area contributed by atoms with Crippen LogP contribution in [-0.2, 0) is 4.79 Å². The molecule has 0 saturated carbocycles. The Labute approximate surface area is 72.3 Å². The van der Waals surface area contributed by atoms with Crippen LogP contribution in [0.1, 0.15) is 19.3 Å². The van der Waals surface area contributed by atoms with Crippen molar-refractivity contribution >= 4 is 5.91 Å². The Bertz CT molecular complexity index is 161. The molecule has 1 fully saturated rings. The second-order valence-corrected chi connectivity index (χ2v) is 3.15. The highest BCUT2D eigenvalue weighted by Gasteiger charge is 2.27. The van der Waals surface area contributed by atoms with Gasteiger partial charge in [0.25, 0.3) is 0 Å². The monoisotopic (exact) mass is 172 g/mol. The average molecular weight is 172 g/mol. The molecule has 70 valence electrons. The summed E-state index contributed by atoms with van der Waals surface area (Å²) < 4.78 is 0. The molecule has 1 unspecified atom stereocenters. The number of nitrogens with zero attached hydrogens (tertiary/aromatic N) is 1. The lowest BCUT2D eigenvalue weighted by molar-refractivity contribution is -0.128. The molecule has 4 nitrogen and oxygen atoms in total. The Hall–Kier alpha value is -0.610. The molecule has 0 aromatic heterocycles. The van der Waals surface area contributed by atoms with Crippen LogP contribution < -0.4 is 5.73 Å². The van der Waals surface area contributed by atoms with Gasteiger partial charge in [0, 0.05) is 19.7 Å². The Morgan fingerprint density at radius 2 is 2.33 bits per heavy atom. The Morgan fingerprint density at radius 3 is 2.83 bits per heavy atom. The fourth-order valence-corrected chi connectivity index (χ4v) is 1.40. The summed E-state index contributed by atoms with van der Waals surface area (Å²) in [5.41, 5.74) is 5.53. The molecule has 1 rings (SSSR count). The van der Waals surface area contributed by atoms with E-state index in [0.717, 1.165) is 32.4 Å². The zero-order valence-electron chi connectivity index (χ0n) is 7.20. The van der Waals surface area contributed by atoms with E-state index in [0.29, 0.717) is 0 Å². The molecule has 1 aliphatic rings. The van der Waals surface area contributed by atoms with Crippen LogP contribution in [0.2, 0.25) is 0 Å². The largest absolute Gasteiger partial charge is 0.396 e. The van der Waals surface area contributed by atoms with Crippen LogP contribution in [0, 0.1) is 0 Å². The zero-order valence-corrected chi connectivity index (χ0v) is 7.20. The van der Waals surface area contributed by atoms with Gasteiger partial charge in [-0.3, -0.25) is 4.79 Å². The van der Waals surface area contributed by atoms with Gasteiger partial charge in [-0.05, 0) is 19.3 Å². The Balaban J connectivity index is 2.20. The first-order chi connectivity index (χ1) is 5.75. The maximum absolute atomic E-state index is 11.2. The molecule has 0 spiro atoms. The molecular formula is C8H16N2O2. The molecule has 1 heterocycles. The van der Waals surface area contributed by atoms with Gasteiger partial charge in [0.1, 0.15) is 0 Å². The number of hydrogen-bond donors (Lipinski definition) is 2. The number of carbonyl (C=O) groups is 1. The first kappa shape index (κ1) is 9.48. The first-order valence-electron chi connectivity index (χ1n) is 4.41. The standard InChI is InChI=1S/C8H16N2O2/c9-7-3-5-10(8(7)12)4-1-2-6-11/h7,11H,1-6,9H2. The van der Waals surface area contributed by atoms with Crippen molar-refractivity contribution in [2.45, 2.75) is 25.3 Å². The van der Waals surface area contributed by atoms with E-state index in [9.17, 15) is 4.79 Å². The molecule has 0 aromatic rings. The van der Waals surface area contributed by atoms with Crippen LogP contribution >= 0.6 is 0 Å². The third-order valence-electron chi connectivity index (χ3n) is 2.18. The van der Waals surface area contributed by atoms with E-state index in [-0.39, 0.29) is 18.6 Å². The van der Waals surface area contributed by atoms with Crippen LogP contribution in [0.15, 0.2) is 0 Å². The molecule has 0 radical (unpaired) electrons. The summed E-state index contributed by atoms with van der Waals surface area (Å²) in [7, 11) is 0. The third-order valence-corrected chi connectivity index (χ3v) is 2.18. The minimum absolute atomic E-state index is 0.0629. The van der Waals surface area contributed by atoms with Crippen molar-refractivity contribution in [3.05, 3.63) is 0 Å². The maximum Gasteiger partial charge on any atom is 0.239 e. The summed E-state index contributed by atoms with van der Waals surface area (Å²) in [5, 5.41) is 8.53. The van der Waals surface area contributed by atoms with Crippen molar-refractivity contribution in [3.8, 4) is 0 Å². The lowest BCUT2D eigenvalue weighted by atomic mass is 10.3. The van der Waals surface area contributed by atoms with Gasteiger partial charge in [-0.25, -0.2) is 0 Å². The number of unbranched alkanes of at least 4 members (excludes halogenated alkanes) is 1. The average Bonchev–Trinajstić information content (AvgIpc) is 2.36. The maximum atomic E-state index is 11.2. The van der Waals surface area contributed by atoms with Crippen molar-refractivity contribution in [2.75, 3.05) is 19.7 Å². The second kappa shape index (κ2) is 4.42. The lowest BCUT2D eigenvalue weighted by Gasteiger charge is -2.14. The van der Waals surface area contributed by atoms with Crippen molar-refractivity contribution < 1.29 is 9.90 Å². The van der Waals surface area contributed by atoms with Gasteiger partial charge in [-0.1, -0.05) is 0 Å². The van der Waals surface area contributed by atoms with E-state index in [1.165, 1.54) is 0 Å². The van der Waals surface area contributed by atoms with Crippen LogP contribution in [0.4, 0.5) is 0 Å². The summed E-state index contributed by atoms with van der Waals surface area (Å²) in [5.74, 6) is 0.0629. The molecular weight excluding hydrogens is 156 g/mol. The highest BCUT2D eigenvalue weighted by Crippen LogP contribution is 2.09. The van der Waals surface area contributed by atoms with Gasteiger partial charge in [-0.15, -0.1) is 0 Å². The summed E-state index contributed by atoms with van der Waals surface area (Å²) in [6, 6.07) is -0.279. The number of likely N-dealkylation sites (tertiary alicyclic amines) is 1. The number of aliphatic hydroxyl groups excluding tert-OH is 1. The van der Waals surface area contributed by atoms with Gasteiger partial charge in [0.2, 0.25) is 5.91 Å². The first-order valence-corrected chi connectivity index (χ1v) is 4.41. The lowest BCUT2D eigenvalue weighted by Crippen LogP contribution is -2.34. The molecule has 0 bridgehead atoms. The highest BCUT2D eigenvalue weighted by atomic mass is 16.3. The molecule has 1 atom stereocenters. The Kier molecular flexibility index (Phi) is 3.49. The quantitative estimate of drug-likeness (QED) is 0.552. The smallest absolute Gasteiger partial charge is 0.239 e. The van der Waals surface area contributed by atoms with E-state index in [2.05, 4.69) is 0 Å². The third kappa shape index (κ3) is 2.19. The van der Waals surface area contributed by atoms with E-state index in [1.54, 1.807) is 4.90 Å². The van der Waals surface area contributed by atoms with Crippen molar-refractivity contribution in [1.82, 2.24) is 4.90 Å². The number of amides is 1. The Morgan fingerprint density at radius 1 is 1.58 bits per heavy atom. The zero-order chi connectivity index (χ0) is 8.97. The van der Waals surface area contributed by atoms with Gasteiger partial charge in [0.05, 0.1) is 6.04 Å². The van der Waals surface area contributed by atoms with Gasteiger partial charge < -0.3 is 15.7 Å². The topological polar surface area (TPSA) is 66.6 Å². The van der Waals surface area contributed by atoms with Gasteiger partial charge in [-0.2, -0.15) is 0 Å². The summed E-state index contributed by atoms with van der Waals surface area (Å²) >= 11 is 0. The molecule has 0 aliphatic carbocycles. The van der Waals surface area contributed by atoms with Crippen LogP contribution in [0.25, 0.3) is 0 Å². The normalized spacial score (nSPS) is 23.7. The van der Waals surface area contributed by atoms with Crippen molar-refractivity contribution in [1.29, 1.82) is 0 Å². The second-order valence-electron chi connectivity index (χ2n) is 3.15. The van der Waals surface area contributed by atoms with Gasteiger partial charge >= 0.3 is 0 Å². The number of aliphatic hydroxyl groups is 1. The van der Waals surface area contributed by atoms with E-state index >= 15 is 0 Å². The number of hydrogen-bond acceptors (Lipinski definition) is 3. The minimum atomic E-state index is -0.279. The molecule has 1 amide bonds. The summed E-state index contributed by atoms with van der Waals surface area (Å²) in [6.07, 6.45) is 2.41. The summed E-state index contributed by atoms with van der Waals surface area (Å²) in [6.45, 7) is 1.73. The molecule has 1 saturated heterocycles. The van der Waals surface area contributed by atoms with Gasteiger partial charge in [0.15, 0.2) is 0 Å². The van der Waals surface area contributed by atoms with Crippen molar-refractivity contribution in [2.24, 2.45) is 5.73 Å². The molecule has 12 heavy (non-hydrogen) atoms. The predicted molar refractivity (Wildman–Crippen MR) is 45.5 cm³/mol. The summed E-state index contributed by atoms with van der Waals surface area (Å²) in [4.78, 5) is 13.0. The molecule has 1 aliphatic heterocycles. The minimum Gasteiger partial charge on any atom is -0.396 e. The van der Waals surface area contributed by atoms with Crippen LogP contribution in [0.3, 0.4) is 0 Å². The fraction of sp³-hybridized carbons (Fsp3) is 0.875. The van der Waals surface area contributed by atoms with Crippen LogP contribution in [-0.4, -0.2) is 41.7 Å². The number of nitrogens with two attached hydrogens (primary N) is 1. The fourth-order valence-electron chi connectivity index (χ4n) is 1.40. The predicted octanol–water partition coefficient (Wildman–Crippen LogP) is -0.681. The van der Waals surface area contributed by atoms with E-state index < -0.39 is 0 Å². The van der Waals surface area contributed by atoms with E-state index in [1.807, 2.05) is 0 Å². The SMILES string of the molecule is NC1CCN(CCCCO)C1=O. The number of rotatable bonds is 4. The highest BCUT2D eigenvalue weighted by molar-refractivity contribution is 5.83. The molecule has 3 N–H and O–H groups in total.